The SMILES string of the molecule is COc1cc(CNc2ccc([N+](=O)[O-])cc2)cc(I)c1Oc1ccc([N+](=O)[O-])cc1[N+](=O)[O-]. The lowest BCUT2D eigenvalue weighted by molar-refractivity contribution is -0.394. The summed E-state index contributed by atoms with van der Waals surface area (Å²) < 4.78 is 11.7. The molecule has 0 fully saturated rings. The summed E-state index contributed by atoms with van der Waals surface area (Å²) in [5.41, 5.74) is 0.476. The summed E-state index contributed by atoms with van der Waals surface area (Å²) >= 11 is 1.99. The summed E-state index contributed by atoms with van der Waals surface area (Å²) in [4.78, 5) is 31.1. The molecule has 0 heterocycles. The van der Waals surface area contributed by atoms with Crippen molar-refractivity contribution >= 4 is 45.3 Å². The summed E-state index contributed by atoms with van der Waals surface area (Å²) in [6, 6.07) is 12.5. The van der Waals surface area contributed by atoms with Crippen LogP contribution in [0.2, 0.25) is 0 Å². The summed E-state index contributed by atoms with van der Waals surface area (Å²) in [5.74, 6) is 0.350. The van der Waals surface area contributed by atoms with Gasteiger partial charge in [-0.2, -0.15) is 0 Å². The zero-order valence-electron chi connectivity index (χ0n) is 16.9. The number of hydrogen-bond acceptors (Lipinski definition) is 9. The Morgan fingerprint density at radius 1 is 0.848 bits per heavy atom. The quantitative estimate of drug-likeness (QED) is 0.202. The molecule has 0 aliphatic rings. The van der Waals surface area contributed by atoms with E-state index in [2.05, 4.69) is 5.32 Å². The first-order chi connectivity index (χ1) is 15.7. The highest BCUT2D eigenvalue weighted by molar-refractivity contribution is 14.1. The van der Waals surface area contributed by atoms with E-state index in [1.54, 1.807) is 24.3 Å². The molecule has 1 N–H and O–H groups in total. The lowest BCUT2D eigenvalue weighted by atomic mass is 10.2. The highest BCUT2D eigenvalue weighted by Crippen LogP contribution is 2.41. The lowest BCUT2D eigenvalue weighted by Gasteiger charge is -2.15. The molecule has 3 rings (SSSR count). The smallest absolute Gasteiger partial charge is 0.318 e. The first kappa shape index (κ1) is 23.6. The Morgan fingerprint density at radius 2 is 1.48 bits per heavy atom. The van der Waals surface area contributed by atoms with Crippen LogP contribution >= 0.6 is 22.6 Å². The molecule has 12 nitrogen and oxygen atoms in total. The van der Waals surface area contributed by atoms with E-state index < -0.39 is 26.1 Å². The third-order valence-electron chi connectivity index (χ3n) is 4.43. The van der Waals surface area contributed by atoms with Gasteiger partial charge in [-0.05, 0) is 58.5 Å². The number of methoxy groups -OCH3 is 1. The molecule has 0 amide bonds. The van der Waals surface area contributed by atoms with Crippen LogP contribution in [-0.2, 0) is 6.54 Å². The maximum atomic E-state index is 11.4. The molecule has 0 radical (unpaired) electrons. The van der Waals surface area contributed by atoms with Crippen molar-refractivity contribution in [3.05, 3.63) is 94.1 Å². The summed E-state index contributed by atoms with van der Waals surface area (Å²) in [7, 11) is 1.41. The van der Waals surface area contributed by atoms with Crippen LogP contribution < -0.4 is 14.8 Å². The average Bonchev–Trinajstić information content (AvgIpc) is 2.79. The predicted molar refractivity (Wildman–Crippen MR) is 126 cm³/mol. The minimum atomic E-state index is -0.760. The molecule has 0 saturated carbocycles. The van der Waals surface area contributed by atoms with Crippen LogP contribution in [0.1, 0.15) is 5.56 Å². The fraction of sp³-hybridized carbons (Fsp3) is 0.100. The minimum absolute atomic E-state index is 0.0152. The van der Waals surface area contributed by atoms with E-state index in [0.717, 1.165) is 23.8 Å². The van der Waals surface area contributed by atoms with Crippen molar-refractivity contribution in [2.45, 2.75) is 6.54 Å². The van der Waals surface area contributed by atoms with Crippen LogP contribution in [0.4, 0.5) is 22.7 Å². The number of nitro benzene ring substituents is 3. The highest BCUT2D eigenvalue weighted by Gasteiger charge is 2.23. The van der Waals surface area contributed by atoms with Crippen molar-refractivity contribution in [1.82, 2.24) is 0 Å². The molecular weight excluding hydrogens is 551 g/mol. The van der Waals surface area contributed by atoms with E-state index in [0.29, 0.717) is 21.6 Å². The van der Waals surface area contributed by atoms with Crippen LogP contribution in [0.3, 0.4) is 0 Å². The van der Waals surface area contributed by atoms with Crippen LogP contribution in [-0.4, -0.2) is 21.9 Å². The van der Waals surface area contributed by atoms with E-state index in [4.69, 9.17) is 9.47 Å². The Morgan fingerprint density at radius 3 is 2.06 bits per heavy atom. The molecule has 0 aliphatic carbocycles. The topological polar surface area (TPSA) is 160 Å². The molecule has 3 aromatic carbocycles. The normalized spacial score (nSPS) is 10.4. The van der Waals surface area contributed by atoms with Gasteiger partial charge in [-0.15, -0.1) is 0 Å². The third-order valence-corrected chi connectivity index (χ3v) is 5.23. The molecule has 33 heavy (non-hydrogen) atoms. The third kappa shape index (κ3) is 5.62. The van der Waals surface area contributed by atoms with Crippen LogP contribution in [0.15, 0.2) is 54.6 Å². The number of rotatable bonds is 9. The van der Waals surface area contributed by atoms with E-state index in [1.165, 1.54) is 19.2 Å². The number of non-ortho nitro benzene ring substituents is 2. The lowest BCUT2D eigenvalue weighted by Crippen LogP contribution is -2.03. The molecule has 13 heteroatoms. The van der Waals surface area contributed by atoms with Gasteiger partial charge in [0.25, 0.3) is 11.4 Å². The average molecular weight is 566 g/mol. The molecule has 3 aromatic rings. The zero-order chi connectivity index (χ0) is 24.1. The maximum absolute atomic E-state index is 11.4. The van der Waals surface area contributed by atoms with E-state index >= 15 is 0 Å². The predicted octanol–water partition coefficient (Wildman–Crippen LogP) is 5.43. The Kier molecular flexibility index (Phi) is 7.22. The number of nitrogens with one attached hydrogen (secondary N) is 1. The van der Waals surface area contributed by atoms with Crippen molar-refractivity contribution in [1.29, 1.82) is 0 Å². The molecule has 0 unspecified atom stereocenters. The number of halogens is 1. The zero-order valence-corrected chi connectivity index (χ0v) is 19.0. The minimum Gasteiger partial charge on any atom is -0.493 e. The van der Waals surface area contributed by atoms with Gasteiger partial charge in [0.15, 0.2) is 11.5 Å². The summed E-state index contributed by atoms with van der Waals surface area (Å²) in [5, 5.41) is 36.2. The molecule has 0 atom stereocenters. The number of ether oxygens (including phenoxy) is 2. The van der Waals surface area contributed by atoms with Crippen molar-refractivity contribution in [3.63, 3.8) is 0 Å². The maximum Gasteiger partial charge on any atom is 0.318 e. The summed E-state index contributed by atoms with van der Waals surface area (Å²) in [6.07, 6.45) is 0. The largest absolute Gasteiger partial charge is 0.493 e. The van der Waals surface area contributed by atoms with Gasteiger partial charge >= 0.3 is 5.69 Å². The molecule has 0 aromatic heterocycles. The second-order valence-electron chi connectivity index (χ2n) is 6.53. The monoisotopic (exact) mass is 566 g/mol. The fourth-order valence-electron chi connectivity index (χ4n) is 2.84. The fourth-order valence-corrected chi connectivity index (χ4v) is 3.61. The first-order valence-electron chi connectivity index (χ1n) is 9.15. The van der Waals surface area contributed by atoms with E-state index in [9.17, 15) is 30.3 Å². The Labute approximate surface area is 199 Å². The van der Waals surface area contributed by atoms with Gasteiger partial charge in [-0.25, -0.2) is 0 Å². The van der Waals surface area contributed by atoms with E-state index in [-0.39, 0.29) is 17.2 Å². The molecule has 0 aliphatic heterocycles. The highest BCUT2D eigenvalue weighted by atomic mass is 127. The van der Waals surface area contributed by atoms with Gasteiger partial charge in [0.05, 0.1) is 31.5 Å². The first-order valence-corrected chi connectivity index (χ1v) is 10.2. The van der Waals surface area contributed by atoms with Crippen LogP contribution in [0.5, 0.6) is 17.2 Å². The van der Waals surface area contributed by atoms with Gasteiger partial charge in [0, 0.05) is 30.4 Å². The molecule has 0 bridgehead atoms. The molecule has 0 spiro atoms. The van der Waals surface area contributed by atoms with Gasteiger partial charge in [-0.1, -0.05) is 0 Å². The number of benzene rings is 3. The van der Waals surface area contributed by atoms with Crippen LogP contribution in [0.25, 0.3) is 0 Å². The second kappa shape index (κ2) is 10.1. The Balaban J connectivity index is 1.84. The van der Waals surface area contributed by atoms with Gasteiger partial charge in [-0.3, -0.25) is 30.3 Å². The summed E-state index contributed by atoms with van der Waals surface area (Å²) in [6.45, 7) is 0.363. The van der Waals surface area contributed by atoms with Crippen molar-refractivity contribution < 1.29 is 24.2 Å². The Hall–Kier alpha value is -4.01. The molecule has 170 valence electrons. The van der Waals surface area contributed by atoms with Crippen molar-refractivity contribution in [3.8, 4) is 17.2 Å². The van der Waals surface area contributed by atoms with Crippen LogP contribution in [0, 0.1) is 33.9 Å². The molecule has 0 saturated heterocycles. The second-order valence-corrected chi connectivity index (χ2v) is 7.70. The number of nitro groups is 3. The van der Waals surface area contributed by atoms with Crippen molar-refractivity contribution in [2.24, 2.45) is 0 Å². The Bertz CT molecular complexity index is 1230. The number of nitrogens with zero attached hydrogens (tertiary/aromatic N) is 3. The van der Waals surface area contributed by atoms with Gasteiger partial charge in [0.2, 0.25) is 5.75 Å². The molecular formula is C20H15IN4O8. The van der Waals surface area contributed by atoms with Gasteiger partial charge < -0.3 is 14.8 Å². The van der Waals surface area contributed by atoms with E-state index in [1.807, 2.05) is 22.6 Å². The van der Waals surface area contributed by atoms with Crippen molar-refractivity contribution in [2.75, 3.05) is 12.4 Å². The number of anilines is 1. The standard InChI is InChI=1S/C20H15IN4O8/c1-32-19-9-12(11-22-13-2-4-14(5-3-13)23(26)27)8-16(21)20(19)33-18-7-6-15(24(28)29)10-17(18)25(30)31/h2-10,22H,11H2,1H3. The van der Waals surface area contributed by atoms with Gasteiger partial charge in [0.1, 0.15) is 0 Å². The number of hydrogen-bond donors (Lipinski definition) is 1.